The van der Waals surface area contributed by atoms with Crippen molar-refractivity contribution in [2.24, 2.45) is 0 Å². The molecule has 0 aliphatic carbocycles. The molecule has 0 fully saturated rings. The highest BCUT2D eigenvalue weighted by atomic mass is 16.6. The van der Waals surface area contributed by atoms with Gasteiger partial charge in [-0.3, -0.25) is 10.1 Å². The van der Waals surface area contributed by atoms with Gasteiger partial charge >= 0.3 is 11.6 Å². The zero-order valence-corrected chi connectivity index (χ0v) is 12.0. The summed E-state index contributed by atoms with van der Waals surface area (Å²) >= 11 is 0. The molecule has 21 heavy (non-hydrogen) atoms. The van der Waals surface area contributed by atoms with Crippen LogP contribution in [0.2, 0.25) is 0 Å². The van der Waals surface area contributed by atoms with Crippen molar-refractivity contribution < 1.29 is 9.66 Å². The fourth-order valence-corrected chi connectivity index (χ4v) is 1.82. The molecule has 1 aromatic carbocycles. The number of anilines is 1. The van der Waals surface area contributed by atoms with Crippen LogP contribution >= 0.6 is 0 Å². The summed E-state index contributed by atoms with van der Waals surface area (Å²) in [5, 5.41) is 13.8. The Morgan fingerprint density at radius 2 is 1.90 bits per heavy atom. The zero-order chi connectivity index (χ0) is 15.4. The molecular formula is C14H16N4O3. The monoisotopic (exact) mass is 288 g/mol. The molecule has 0 spiro atoms. The number of hydrogen-bond acceptors (Lipinski definition) is 6. The Kier molecular flexibility index (Phi) is 4.32. The van der Waals surface area contributed by atoms with Crippen LogP contribution in [0.5, 0.6) is 11.6 Å². The second-order valence-corrected chi connectivity index (χ2v) is 4.71. The van der Waals surface area contributed by atoms with E-state index in [-0.39, 0.29) is 17.4 Å². The van der Waals surface area contributed by atoms with E-state index in [1.54, 1.807) is 19.2 Å². The Morgan fingerprint density at radius 3 is 2.43 bits per heavy atom. The van der Waals surface area contributed by atoms with Gasteiger partial charge in [-0.1, -0.05) is 26.0 Å². The van der Waals surface area contributed by atoms with Gasteiger partial charge in [0.1, 0.15) is 12.1 Å². The average Bonchev–Trinajstić information content (AvgIpc) is 2.47. The van der Waals surface area contributed by atoms with Crippen LogP contribution in [0.25, 0.3) is 0 Å². The van der Waals surface area contributed by atoms with Gasteiger partial charge in [-0.25, -0.2) is 4.98 Å². The highest BCUT2D eigenvalue weighted by molar-refractivity contribution is 5.61. The van der Waals surface area contributed by atoms with Gasteiger partial charge < -0.3 is 10.1 Å². The third-order valence-electron chi connectivity index (χ3n) is 2.97. The van der Waals surface area contributed by atoms with Crippen LogP contribution in [-0.4, -0.2) is 21.9 Å². The second kappa shape index (κ2) is 6.17. The van der Waals surface area contributed by atoms with Crippen molar-refractivity contribution >= 4 is 11.5 Å². The predicted molar refractivity (Wildman–Crippen MR) is 78.8 cm³/mol. The molecule has 0 bridgehead atoms. The van der Waals surface area contributed by atoms with Gasteiger partial charge in [-0.2, -0.15) is 4.98 Å². The normalized spacial score (nSPS) is 10.5. The van der Waals surface area contributed by atoms with Crippen molar-refractivity contribution in [3.05, 3.63) is 46.3 Å². The lowest BCUT2D eigenvalue weighted by Gasteiger charge is -2.09. The van der Waals surface area contributed by atoms with Gasteiger partial charge in [-0.15, -0.1) is 0 Å². The highest BCUT2D eigenvalue weighted by Crippen LogP contribution is 2.33. The summed E-state index contributed by atoms with van der Waals surface area (Å²) in [6, 6.07) is 7.37. The van der Waals surface area contributed by atoms with E-state index in [9.17, 15) is 10.1 Å². The molecule has 0 saturated heterocycles. The van der Waals surface area contributed by atoms with Crippen LogP contribution < -0.4 is 10.1 Å². The summed E-state index contributed by atoms with van der Waals surface area (Å²) in [4.78, 5) is 18.2. The van der Waals surface area contributed by atoms with E-state index in [4.69, 9.17) is 4.74 Å². The van der Waals surface area contributed by atoms with Crippen molar-refractivity contribution in [3.63, 3.8) is 0 Å². The Morgan fingerprint density at radius 1 is 1.24 bits per heavy atom. The Hall–Kier alpha value is -2.70. The average molecular weight is 288 g/mol. The Bertz CT molecular complexity index is 641. The summed E-state index contributed by atoms with van der Waals surface area (Å²) < 4.78 is 5.52. The molecule has 0 atom stereocenters. The number of hydrogen-bond donors (Lipinski definition) is 1. The first-order valence-electron chi connectivity index (χ1n) is 6.48. The number of nitro groups is 1. The molecule has 7 heteroatoms. The van der Waals surface area contributed by atoms with Crippen LogP contribution in [-0.2, 0) is 0 Å². The molecule has 0 radical (unpaired) electrons. The molecule has 0 aliphatic rings. The summed E-state index contributed by atoms with van der Waals surface area (Å²) in [6.45, 7) is 4.18. The maximum atomic E-state index is 11.1. The van der Waals surface area contributed by atoms with Crippen molar-refractivity contribution in [1.29, 1.82) is 0 Å². The standard InChI is InChI=1S/C14H16N4O3/c1-9(2)10-4-6-11(7-5-10)21-14-12(18(19)20)13(15-3)16-8-17-14/h4-9H,1-3H3,(H,15,16,17). The number of nitrogens with zero attached hydrogens (tertiary/aromatic N) is 3. The first kappa shape index (κ1) is 14.7. The maximum absolute atomic E-state index is 11.1. The van der Waals surface area contributed by atoms with Crippen LogP contribution in [0.3, 0.4) is 0 Å². The zero-order valence-electron chi connectivity index (χ0n) is 12.0. The minimum absolute atomic E-state index is 0.0864. The quantitative estimate of drug-likeness (QED) is 0.670. The van der Waals surface area contributed by atoms with Gasteiger partial charge in [0.15, 0.2) is 0 Å². The van der Waals surface area contributed by atoms with Gasteiger partial charge in [-0.05, 0) is 23.6 Å². The number of nitrogens with one attached hydrogen (secondary N) is 1. The molecule has 0 amide bonds. The number of benzene rings is 1. The smallest absolute Gasteiger partial charge is 0.373 e. The molecule has 7 nitrogen and oxygen atoms in total. The lowest BCUT2D eigenvalue weighted by molar-refractivity contribution is -0.385. The SMILES string of the molecule is CNc1ncnc(Oc2ccc(C(C)C)cc2)c1[N+](=O)[O-]. The first-order valence-corrected chi connectivity index (χ1v) is 6.48. The largest absolute Gasteiger partial charge is 0.434 e. The van der Waals surface area contributed by atoms with Crippen molar-refractivity contribution in [1.82, 2.24) is 9.97 Å². The molecule has 110 valence electrons. The molecule has 2 aromatic rings. The van der Waals surface area contributed by atoms with E-state index in [0.717, 1.165) is 5.56 Å². The molecule has 1 heterocycles. The molecule has 0 saturated carbocycles. The van der Waals surface area contributed by atoms with E-state index in [0.29, 0.717) is 11.7 Å². The van der Waals surface area contributed by atoms with E-state index in [2.05, 4.69) is 29.1 Å². The lowest BCUT2D eigenvalue weighted by atomic mass is 10.0. The van der Waals surface area contributed by atoms with E-state index >= 15 is 0 Å². The Labute approximate surface area is 122 Å². The third kappa shape index (κ3) is 3.25. The van der Waals surface area contributed by atoms with Gasteiger partial charge in [0.2, 0.25) is 5.82 Å². The first-order chi connectivity index (χ1) is 10.0. The van der Waals surface area contributed by atoms with Gasteiger partial charge in [0, 0.05) is 7.05 Å². The summed E-state index contributed by atoms with van der Waals surface area (Å²) in [5.41, 5.74) is 0.878. The molecular weight excluding hydrogens is 272 g/mol. The molecule has 0 aliphatic heterocycles. The molecule has 2 rings (SSSR count). The third-order valence-corrected chi connectivity index (χ3v) is 2.97. The van der Waals surface area contributed by atoms with Gasteiger partial charge in [0.05, 0.1) is 4.92 Å². The van der Waals surface area contributed by atoms with Crippen LogP contribution in [0, 0.1) is 10.1 Å². The van der Waals surface area contributed by atoms with Gasteiger partial charge in [0.25, 0.3) is 0 Å². The minimum Gasteiger partial charge on any atom is -0.434 e. The molecule has 1 aromatic heterocycles. The fraction of sp³-hybridized carbons (Fsp3) is 0.286. The van der Waals surface area contributed by atoms with E-state index in [1.807, 2.05) is 12.1 Å². The Balaban J connectivity index is 2.33. The fourth-order valence-electron chi connectivity index (χ4n) is 1.82. The lowest BCUT2D eigenvalue weighted by Crippen LogP contribution is -2.03. The minimum atomic E-state index is -0.566. The van der Waals surface area contributed by atoms with Crippen LogP contribution in [0.15, 0.2) is 30.6 Å². The number of ether oxygens (including phenoxy) is 1. The summed E-state index contributed by atoms with van der Waals surface area (Å²) in [7, 11) is 1.55. The van der Waals surface area contributed by atoms with Crippen LogP contribution in [0.1, 0.15) is 25.3 Å². The summed E-state index contributed by atoms with van der Waals surface area (Å²) in [6.07, 6.45) is 1.22. The predicted octanol–water partition coefficient (Wildman–Crippen LogP) is 3.34. The highest BCUT2D eigenvalue weighted by Gasteiger charge is 2.24. The van der Waals surface area contributed by atoms with Crippen LogP contribution in [0.4, 0.5) is 11.5 Å². The number of rotatable bonds is 5. The molecule has 1 N–H and O–H groups in total. The maximum Gasteiger partial charge on any atom is 0.373 e. The van der Waals surface area contributed by atoms with E-state index < -0.39 is 4.92 Å². The van der Waals surface area contributed by atoms with E-state index in [1.165, 1.54) is 6.33 Å². The second-order valence-electron chi connectivity index (χ2n) is 4.71. The topological polar surface area (TPSA) is 90.2 Å². The number of aromatic nitrogens is 2. The van der Waals surface area contributed by atoms with Crippen molar-refractivity contribution in [2.75, 3.05) is 12.4 Å². The summed E-state index contributed by atoms with van der Waals surface area (Å²) in [5.74, 6) is 0.923. The molecule has 0 unspecified atom stereocenters. The van der Waals surface area contributed by atoms with Crippen molar-refractivity contribution in [3.8, 4) is 11.6 Å². The van der Waals surface area contributed by atoms with Crippen molar-refractivity contribution in [2.45, 2.75) is 19.8 Å².